The van der Waals surface area contributed by atoms with E-state index in [-0.39, 0.29) is 48.9 Å². The molecule has 0 radical (unpaired) electrons. The molecule has 6 rings (SSSR count). The fraction of sp³-hybridized carbons (Fsp3) is 0.275. The molecule has 0 bridgehead atoms. The third kappa shape index (κ3) is 7.33. The highest BCUT2D eigenvalue weighted by molar-refractivity contribution is 6.35. The number of rotatable bonds is 12. The van der Waals surface area contributed by atoms with Crippen LogP contribution in [0, 0.1) is 19.7 Å². The predicted molar refractivity (Wildman–Crippen MR) is 203 cm³/mol. The second-order valence-electron chi connectivity index (χ2n) is 13.1. The molecule has 280 valence electrons. The summed E-state index contributed by atoms with van der Waals surface area (Å²) >= 11 is 0. The van der Waals surface area contributed by atoms with Crippen molar-refractivity contribution in [3.05, 3.63) is 111 Å². The van der Waals surface area contributed by atoms with Crippen molar-refractivity contribution in [2.75, 3.05) is 51.7 Å². The second kappa shape index (κ2) is 15.8. The molecule has 0 saturated carbocycles. The first-order valence-electron chi connectivity index (χ1n) is 17.7. The smallest absolute Gasteiger partial charge is 0.409 e. The SMILES string of the molecule is CCN(CCNC(=O)c1c(C)[nH]c(/C=C2\C(=O)Nc3ccc(F)cc32)c1C)C(=O)OCC1c2cc(C(=O)NC)ccc2-c2ccc(C(=O)NCCN)cc21. The molecule has 1 unspecified atom stereocenters. The van der Waals surface area contributed by atoms with Crippen molar-refractivity contribution < 1.29 is 33.1 Å². The van der Waals surface area contributed by atoms with Crippen LogP contribution in [0.5, 0.6) is 0 Å². The fourth-order valence-corrected chi connectivity index (χ4v) is 6.98. The van der Waals surface area contributed by atoms with Gasteiger partial charge in [-0.05, 0) is 97.1 Å². The van der Waals surface area contributed by atoms with Crippen molar-refractivity contribution in [1.29, 1.82) is 0 Å². The van der Waals surface area contributed by atoms with Gasteiger partial charge in [0.2, 0.25) is 0 Å². The molecule has 0 spiro atoms. The van der Waals surface area contributed by atoms with Crippen molar-refractivity contribution in [1.82, 2.24) is 25.8 Å². The number of hydrogen-bond donors (Lipinski definition) is 6. The van der Waals surface area contributed by atoms with Crippen LogP contribution in [-0.2, 0) is 9.53 Å². The monoisotopic (exact) mass is 735 g/mol. The molecule has 13 nitrogen and oxygen atoms in total. The Morgan fingerprint density at radius 1 is 0.907 bits per heavy atom. The third-order valence-corrected chi connectivity index (χ3v) is 9.76. The molecule has 1 aromatic heterocycles. The number of H-pyrrole nitrogens is 1. The molecule has 0 saturated heterocycles. The number of hydrogen-bond acceptors (Lipinski definition) is 7. The Kier molecular flexibility index (Phi) is 10.9. The Hall–Kier alpha value is -6.28. The van der Waals surface area contributed by atoms with E-state index < -0.39 is 17.8 Å². The number of benzene rings is 3. The van der Waals surface area contributed by atoms with Crippen molar-refractivity contribution >= 4 is 47.1 Å². The summed E-state index contributed by atoms with van der Waals surface area (Å²) in [7, 11) is 1.55. The van der Waals surface area contributed by atoms with E-state index in [4.69, 9.17) is 10.5 Å². The first-order valence-corrected chi connectivity index (χ1v) is 17.7. The van der Waals surface area contributed by atoms with Gasteiger partial charge in [0.25, 0.3) is 23.6 Å². The van der Waals surface area contributed by atoms with Crippen LogP contribution in [0.4, 0.5) is 14.9 Å². The lowest BCUT2D eigenvalue weighted by molar-refractivity contribution is -0.110. The summed E-state index contributed by atoms with van der Waals surface area (Å²) in [4.78, 5) is 69.4. The quantitative estimate of drug-likeness (QED) is 0.117. The van der Waals surface area contributed by atoms with Crippen LogP contribution in [0.15, 0.2) is 54.6 Å². The number of halogens is 1. The highest BCUT2D eigenvalue weighted by Crippen LogP contribution is 2.46. The lowest BCUT2D eigenvalue weighted by Gasteiger charge is -2.22. The largest absolute Gasteiger partial charge is 0.448 e. The van der Waals surface area contributed by atoms with Crippen LogP contribution >= 0.6 is 0 Å². The summed E-state index contributed by atoms with van der Waals surface area (Å²) in [5, 5.41) is 11.0. The van der Waals surface area contributed by atoms with Crippen LogP contribution in [0.1, 0.15) is 77.6 Å². The average molecular weight is 736 g/mol. The van der Waals surface area contributed by atoms with Crippen LogP contribution in [0.2, 0.25) is 0 Å². The zero-order valence-electron chi connectivity index (χ0n) is 30.4. The van der Waals surface area contributed by atoms with Crippen LogP contribution in [0.25, 0.3) is 22.8 Å². The van der Waals surface area contributed by atoms with Gasteiger partial charge in [0.1, 0.15) is 12.4 Å². The van der Waals surface area contributed by atoms with E-state index in [1.807, 2.05) is 12.1 Å². The van der Waals surface area contributed by atoms with Gasteiger partial charge in [-0.25, -0.2) is 9.18 Å². The van der Waals surface area contributed by atoms with Gasteiger partial charge in [-0.3, -0.25) is 19.2 Å². The van der Waals surface area contributed by atoms with Crippen LogP contribution in [0.3, 0.4) is 0 Å². The molecule has 54 heavy (non-hydrogen) atoms. The Balaban J connectivity index is 1.13. The van der Waals surface area contributed by atoms with Crippen molar-refractivity contribution in [3.8, 4) is 11.1 Å². The summed E-state index contributed by atoms with van der Waals surface area (Å²) in [6.07, 6.45) is 1.02. The molecule has 4 aromatic rings. The molecule has 1 atom stereocenters. The normalized spacial score (nSPS) is 14.5. The molecule has 3 aromatic carbocycles. The van der Waals surface area contributed by atoms with Gasteiger partial charge in [-0.2, -0.15) is 0 Å². The number of ether oxygens (including phenoxy) is 1. The molecular formula is C40H42FN7O6. The maximum Gasteiger partial charge on any atom is 0.409 e. The van der Waals surface area contributed by atoms with E-state index in [0.29, 0.717) is 64.5 Å². The number of likely N-dealkylation sites (N-methyl/N-ethyl adjacent to an activating group) is 1. The zero-order chi connectivity index (χ0) is 38.7. The van der Waals surface area contributed by atoms with Gasteiger partial charge < -0.3 is 41.6 Å². The number of nitrogens with one attached hydrogen (secondary N) is 5. The van der Waals surface area contributed by atoms with E-state index in [2.05, 4.69) is 26.3 Å². The number of aromatic nitrogens is 1. The summed E-state index contributed by atoms with van der Waals surface area (Å²) in [6.45, 7) is 6.46. The van der Waals surface area contributed by atoms with Gasteiger partial charge in [-0.15, -0.1) is 0 Å². The molecule has 2 aliphatic rings. The Bertz CT molecular complexity index is 2210. The minimum Gasteiger partial charge on any atom is -0.448 e. The summed E-state index contributed by atoms with van der Waals surface area (Å²) in [6, 6.07) is 14.8. The minimum atomic E-state index is -0.587. The number of aromatic amines is 1. The van der Waals surface area contributed by atoms with E-state index in [1.54, 1.807) is 58.2 Å². The molecular weight excluding hydrogens is 693 g/mol. The standard InChI is InChI=1S/C40H42FN7O6/c1-5-48(15-14-45-39(52)35-21(2)34(46-22(35)3)19-31-30-18-25(41)8-11-33(30)47-38(31)51)40(53)54-20-32-28-16-23(36(49)43-4)6-9-26(28)27-10-7-24(17-29(27)32)37(50)44-13-12-42/h6-11,16-19,32,46H,5,12-15,20,42H2,1-4H3,(H,43,49)(H,44,50)(H,45,52)(H,47,51)/b31-19-. The van der Waals surface area contributed by atoms with Gasteiger partial charge >= 0.3 is 6.09 Å². The van der Waals surface area contributed by atoms with Crippen LogP contribution in [-0.4, -0.2) is 86.0 Å². The summed E-state index contributed by atoms with van der Waals surface area (Å²) in [5.74, 6) is -2.18. The zero-order valence-corrected chi connectivity index (χ0v) is 30.4. The summed E-state index contributed by atoms with van der Waals surface area (Å²) in [5.41, 5.74) is 13.2. The highest BCUT2D eigenvalue weighted by atomic mass is 19.1. The first kappa shape index (κ1) is 37.5. The van der Waals surface area contributed by atoms with Crippen molar-refractivity contribution in [2.45, 2.75) is 26.7 Å². The Morgan fingerprint density at radius 2 is 1.57 bits per heavy atom. The predicted octanol–water partition coefficient (Wildman–Crippen LogP) is 4.31. The molecule has 7 N–H and O–H groups in total. The van der Waals surface area contributed by atoms with Gasteiger partial charge in [0.05, 0.1) is 11.1 Å². The Morgan fingerprint density at radius 3 is 2.22 bits per heavy atom. The van der Waals surface area contributed by atoms with Gasteiger partial charge in [0, 0.05) is 79.5 Å². The lowest BCUT2D eigenvalue weighted by atomic mass is 9.95. The maximum absolute atomic E-state index is 14.0. The highest BCUT2D eigenvalue weighted by Gasteiger charge is 2.32. The number of anilines is 1. The van der Waals surface area contributed by atoms with Crippen LogP contribution < -0.4 is 27.0 Å². The second-order valence-corrected chi connectivity index (χ2v) is 13.1. The number of nitrogens with zero attached hydrogens (tertiary/aromatic N) is 1. The van der Waals surface area contributed by atoms with E-state index in [1.165, 1.54) is 23.1 Å². The number of carbonyl (C=O) groups excluding carboxylic acids is 5. The number of nitrogens with two attached hydrogens (primary N) is 1. The van der Waals surface area contributed by atoms with E-state index >= 15 is 0 Å². The van der Waals surface area contributed by atoms with Gasteiger partial charge in [0.15, 0.2) is 0 Å². The number of amides is 5. The fourth-order valence-electron chi connectivity index (χ4n) is 6.98. The Labute approximate surface area is 311 Å². The topological polar surface area (TPSA) is 188 Å². The number of fused-ring (bicyclic) bond motifs is 4. The number of aryl methyl sites for hydroxylation is 1. The molecule has 1 aliphatic carbocycles. The summed E-state index contributed by atoms with van der Waals surface area (Å²) < 4.78 is 19.8. The molecule has 5 amide bonds. The van der Waals surface area contributed by atoms with E-state index in [0.717, 1.165) is 22.3 Å². The van der Waals surface area contributed by atoms with Crippen molar-refractivity contribution in [2.24, 2.45) is 5.73 Å². The van der Waals surface area contributed by atoms with Crippen molar-refractivity contribution in [3.63, 3.8) is 0 Å². The minimum absolute atomic E-state index is 0.0536. The third-order valence-electron chi connectivity index (χ3n) is 9.76. The van der Waals surface area contributed by atoms with E-state index in [9.17, 15) is 28.4 Å². The maximum atomic E-state index is 14.0. The molecule has 2 heterocycles. The lowest BCUT2D eigenvalue weighted by Crippen LogP contribution is -2.39. The average Bonchev–Trinajstić information content (AvgIpc) is 3.76. The number of carbonyl (C=O) groups is 5. The molecule has 0 fully saturated rings. The van der Waals surface area contributed by atoms with Gasteiger partial charge in [-0.1, -0.05) is 12.1 Å². The molecule has 14 heteroatoms. The first-order chi connectivity index (χ1) is 25.9. The molecule has 1 aliphatic heterocycles.